The predicted molar refractivity (Wildman–Crippen MR) is 103 cm³/mol. The van der Waals surface area contributed by atoms with Crippen molar-refractivity contribution in [3.05, 3.63) is 45.3 Å². The number of rotatable bonds is 8. The number of hydrogen-bond acceptors (Lipinski definition) is 6. The van der Waals surface area contributed by atoms with Crippen molar-refractivity contribution >= 4 is 40.4 Å². The van der Waals surface area contributed by atoms with Crippen molar-refractivity contribution in [2.75, 3.05) is 13.2 Å². The number of benzene rings is 1. The van der Waals surface area contributed by atoms with Gasteiger partial charge in [0.25, 0.3) is 5.91 Å². The number of fused-ring (bicyclic) bond motifs is 1. The van der Waals surface area contributed by atoms with Crippen LogP contribution in [0.3, 0.4) is 0 Å². The van der Waals surface area contributed by atoms with E-state index in [4.69, 9.17) is 20.8 Å². The third kappa shape index (κ3) is 5.32. The normalized spacial score (nSPS) is 11.7. The number of carbonyl (C=O) groups excluding carboxylic acids is 3. The van der Waals surface area contributed by atoms with E-state index in [0.29, 0.717) is 11.9 Å². The predicted octanol–water partition coefficient (Wildman–Crippen LogP) is 2.02. The van der Waals surface area contributed by atoms with Crippen molar-refractivity contribution in [2.24, 2.45) is 0 Å². The van der Waals surface area contributed by atoms with Gasteiger partial charge in [0.15, 0.2) is 5.58 Å². The van der Waals surface area contributed by atoms with E-state index < -0.39 is 23.5 Å². The molecule has 0 saturated heterocycles. The molecule has 1 heterocycles. The molecule has 0 saturated carbocycles. The maximum absolute atomic E-state index is 12.6. The van der Waals surface area contributed by atoms with E-state index in [2.05, 4.69) is 10.6 Å². The van der Waals surface area contributed by atoms with E-state index in [1.54, 1.807) is 32.0 Å². The topological polar surface area (TPSA) is 115 Å². The number of carbonyl (C=O) groups is 3. The monoisotopic (exact) mass is 408 g/mol. The number of amides is 2. The molecule has 2 amide bonds. The Labute approximate surface area is 166 Å². The van der Waals surface area contributed by atoms with Gasteiger partial charge in [0, 0.05) is 18.4 Å². The number of para-hydroxylation sites is 1. The van der Waals surface area contributed by atoms with Gasteiger partial charge in [0.05, 0.1) is 11.6 Å². The lowest BCUT2D eigenvalue weighted by Crippen LogP contribution is -2.43. The molecular formula is C19H21ClN2O6. The van der Waals surface area contributed by atoms with Gasteiger partial charge in [0.1, 0.15) is 11.6 Å². The van der Waals surface area contributed by atoms with Crippen LogP contribution in [0.4, 0.5) is 0 Å². The molecule has 8 nitrogen and oxygen atoms in total. The zero-order chi connectivity index (χ0) is 20.7. The molecule has 1 aromatic heterocycles. The summed E-state index contributed by atoms with van der Waals surface area (Å²) < 4.78 is 10.1. The summed E-state index contributed by atoms with van der Waals surface area (Å²) in [4.78, 5) is 48.6. The van der Waals surface area contributed by atoms with Gasteiger partial charge < -0.3 is 19.8 Å². The Morgan fingerprint density at radius 3 is 2.68 bits per heavy atom. The summed E-state index contributed by atoms with van der Waals surface area (Å²) in [5, 5.41) is 5.77. The summed E-state index contributed by atoms with van der Waals surface area (Å²) in [5.41, 5.74) is -0.990. The molecule has 0 aliphatic carbocycles. The van der Waals surface area contributed by atoms with Crippen LogP contribution in [-0.4, -0.2) is 37.0 Å². The highest BCUT2D eigenvalue weighted by molar-refractivity contribution is 6.34. The molecule has 0 spiro atoms. The first-order valence-corrected chi connectivity index (χ1v) is 9.21. The van der Waals surface area contributed by atoms with Crippen LogP contribution in [-0.2, 0) is 14.3 Å². The minimum atomic E-state index is -1.08. The summed E-state index contributed by atoms with van der Waals surface area (Å²) in [6.07, 6.45) is 0.0423. The summed E-state index contributed by atoms with van der Waals surface area (Å²) in [7, 11) is 0. The molecule has 2 N–H and O–H groups in total. The Morgan fingerprint density at radius 2 is 2.00 bits per heavy atom. The van der Waals surface area contributed by atoms with Gasteiger partial charge >= 0.3 is 11.6 Å². The second-order valence-corrected chi connectivity index (χ2v) is 6.28. The molecule has 28 heavy (non-hydrogen) atoms. The van der Waals surface area contributed by atoms with Gasteiger partial charge in [-0.1, -0.05) is 23.7 Å². The van der Waals surface area contributed by atoms with Crippen LogP contribution in [0.2, 0.25) is 5.02 Å². The van der Waals surface area contributed by atoms with Crippen LogP contribution in [0.25, 0.3) is 11.0 Å². The second kappa shape index (κ2) is 9.89. The standard InChI is InChI=1S/C19H21ClN2O6/c1-3-21-15(23)9-8-14(19(26)27-4-2)22-17(24)12-10-11-6-5-7-13(20)16(11)28-18(12)25/h5-7,10,14H,3-4,8-9H2,1-2H3,(H,21,23)(H,22,24). The van der Waals surface area contributed by atoms with Gasteiger partial charge in [-0.05, 0) is 32.4 Å². The van der Waals surface area contributed by atoms with E-state index in [0.717, 1.165) is 0 Å². The maximum atomic E-state index is 12.6. The quantitative estimate of drug-likeness (QED) is 0.510. The molecule has 0 aliphatic rings. The summed E-state index contributed by atoms with van der Waals surface area (Å²) in [6, 6.07) is 5.11. The summed E-state index contributed by atoms with van der Waals surface area (Å²) >= 11 is 5.99. The van der Waals surface area contributed by atoms with Crippen molar-refractivity contribution in [3.63, 3.8) is 0 Å². The average molecular weight is 409 g/mol. The first-order chi connectivity index (χ1) is 13.4. The Bertz CT molecular complexity index is 940. The van der Waals surface area contributed by atoms with Gasteiger partial charge in [-0.3, -0.25) is 9.59 Å². The molecule has 1 aromatic carbocycles. The highest BCUT2D eigenvalue weighted by Gasteiger charge is 2.25. The van der Waals surface area contributed by atoms with Crippen molar-refractivity contribution in [2.45, 2.75) is 32.7 Å². The Balaban J connectivity index is 2.23. The fourth-order valence-electron chi connectivity index (χ4n) is 2.56. The highest BCUT2D eigenvalue weighted by atomic mass is 35.5. The first kappa shape index (κ1) is 21.4. The van der Waals surface area contributed by atoms with E-state index in [1.165, 1.54) is 6.07 Å². The molecule has 2 aromatic rings. The summed E-state index contributed by atoms with van der Waals surface area (Å²) in [5.74, 6) is -1.75. The smallest absolute Gasteiger partial charge is 0.349 e. The second-order valence-electron chi connectivity index (χ2n) is 5.88. The lowest BCUT2D eigenvalue weighted by Gasteiger charge is -2.17. The van der Waals surface area contributed by atoms with Gasteiger partial charge in [-0.15, -0.1) is 0 Å². The molecule has 0 radical (unpaired) electrons. The van der Waals surface area contributed by atoms with Gasteiger partial charge in [-0.2, -0.15) is 0 Å². The average Bonchev–Trinajstić information content (AvgIpc) is 2.65. The largest absolute Gasteiger partial charge is 0.464 e. The van der Waals surface area contributed by atoms with Crippen LogP contribution >= 0.6 is 11.6 Å². The van der Waals surface area contributed by atoms with Crippen molar-refractivity contribution in [1.82, 2.24) is 10.6 Å². The van der Waals surface area contributed by atoms with Crippen molar-refractivity contribution in [1.29, 1.82) is 0 Å². The fraction of sp³-hybridized carbons (Fsp3) is 0.368. The minimum Gasteiger partial charge on any atom is -0.464 e. The molecule has 0 fully saturated rings. The van der Waals surface area contributed by atoms with Crippen LogP contribution in [0.5, 0.6) is 0 Å². The Morgan fingerprint density at radius 1 is 1.25 bits per heavy atom. The van der Waals surface area contributed by atoms with Gasteiger partial charge in [-0.25, -0.2) is 9.59 Å². The molecule has 1 atom stereocenters. The zero-order valence-corrected chi connectivity index (χ0v) is 16.3. The Kier molecular flexibility index (Phi) is 7.57. The van der Waals surface area contributed by atoms with Crippen LogP contribution < -0.4 is 16.3 Å². The first-order valence-electron chi connectivity index (χ1n) is 8.83. The molecule has 150 valence electrons. The van der Waals surface area contributed by atoms with Crippen LogP contribution in [0, 0.1) is 0 Å². The number of nitrogens with one attached hydrogen (secondary N) is 2. The highest BCUT2D eigenvalue weighted by Crippen LogP contribution is 2.22. The van der Waals surface area contributed by atoms with Crippen LogP contribution in [0.15, 0.2) is 33.5 Å². The molecule has 0 bridgehead atoms. The maximum Gasteiger partial charge on any atom is 0.349 e. The number of halogens is 1. The number of ether oxygens (including phenoxy) is 1. The minimum absolute atomic E-state index is 0.0134. The van der Waals surface area contributed by atoms with Gasteiger partial charge in [0.2, 0.25) is 5.91 Å². The van der Waals surface area contributed by atoms with Crippen molar-refractivity contribution in [3.8, 4) is 0 Å². The molecule has 1 unspecified atom stereocenters. The third-order valence-electron chi connectivity index (χ3n) is 3.87. The molecular weight excluding hydrogens is 388 g/mol. The van der Waals surface area contributed by atoms with E-state index in [9.17, 15) is 19.2 Å². The Hall–Kier alpha value is -2.87. The fourth-order valence-corrected chi connectivity index (χ4v) is 2.78. The van der Waals surface area contributed by atoms with Crippen LogP contribution in [0.1, 0.15) is 37.0 Å². The number of hydrogen-bond donors (Lipinski definition) is 2. The molecule has 0 aliphatic heterocycles. The zero-order valence-electron chi connectivity index (χ0n) is 15.5. The third-order valence-corrected chi connectivity index (χ3v) is 4.16. The lowest BCUT2D eigenvalue weighted by atomic mass is 10.1. The number of esters is 1. The lowest BCUT2D eigenvalue weighted by molar-refractivity contribution is -0.145. The van der Waals surface area contributed by atoms with Crippen molar-refractivity contribution < 1.29 is 23.5 Å². The summed E-state index contributed by atoms with van der Waals surface area (Å²) in [6.45, 7) is 3.97. The molecule has 9 heteroatoms. The molecule has 2 rings (SSSR count). The van der Waals surface area contributed by atoms with E-state index in [1.807, 2.05) is 0 Å². The van der Waals surface area contributed by atoms with E-state index >= 15 is 0 Å². The SMILES string of the molecule is CCNC(=O)CCC(NC(=O)c1cc2cccc(Cl)c2oc1=O)C(=O)OCC. The van der Waals surface area contributed by atoms with E-state index in [-0.39, 0.29) is 41.5 Å².